The Morgan fingerprint density at radius 3 is 2.47 bits per heavy atom. The first kappa shape index (κ1) is 16.3. The van der Waals surface area contributed by atoms with Crippen LogP contribution >= 0.6 is 31.9 Å². The van der Waals surface area contributed by atoms with E-state index in [1.807, 2.05) is 0 Å². The number of nitrogens with one attached hydrogen (secondary N) is 2. The number of anilines is 1. The first-order chi connectivity index (χ1) is 18.2. The Kier molecular flexibility index (Phi) is 5.85. The van der Waals surface area contributed by atoms with Crippen molar-refractivity contribution in [3.8, 4) is 23.0 Å². The highest BCUT2D eigenvalue weighted by molar-refractivity contribution is 9.10. The molecule has 0 radical (unpaired) electrons. The maximum Gasteiger partial charge on any atom is 0.316 e. The van der Waals surface area contributed by atoms with Gasteiger partial charge in [0.05, 0.1) is 18.3 Å². The van der Waals surface area contributed by atoms with E-state index in [1.165, 1.54) is 12.4 Å². The molecule has 0 fully saturated rings. The number of rotatable bonds is 11. The summed E-state index contributed by atoms with van der Waals surface area (Å²) >= 11 is 6.15. The fraction of sp³-hybridized carbons (Fsp3) is 0.263. The van der Waals surface area contributed by atoms with Crippen molar-refractivity contribution in [2.75, 3.05) is 24.4 Å². The maximum atomic E-state index is 12.6. The van der Waals surface area contributed by atoms with Gasteiger partial charge >= 0.3 is 6.01 Å². The summed E-state index contributed by atoms with van der Waals surface area (Å²) in [5, 5.41) is 0. The predicted octanol–water partition coefficient (Wildman–Crippen LogP) is 3.57. The van der Waals surface area contributed by atoms with Crippen LogP contribution in [-0.2, 0) is 10.2 Å². The van der Waals surface area contributed by atoms with E-state index in [4.69, 9.17) is 19.1 Å². The van der Waals surface area contributed by atoms with Gasteiger partial charge in [0.15, 0.2) is 5.82 Å². The summed E-state index contributed by atoms with van der Waals surface area (Å²) in [6.45, 7) is -1.72. The van der Waals surface area contributed by atoms with Gasteiger partial charge in [-0.1, -0.05) is 34.9 Å². The third-order valence-corrected chi connectivity index (χ3v) is 5.26. The fourth-order valence-corrected chi connectivity index (χ4v) is 3.45. The smallest absolute Gasteiger partial charge is 0.316 e. The topological polar surface area (TPSA) is 128 Å². The van der Waals surface area contributed by atoms with Gasteiger partial charge in [0.25, 0.3) is 10.2 Å². The minimum absolute atomic E-state index is 0.0459. The van der Waals surface area contributed by atoms with Crippen molar-refractivity contribution in [3.05, 3.63) is 51.8 Å². The molecule has 1 aromatic carbocycles. The van der Waals surface area contributed by atoms with Crippen LogP contribution in [0.1, 0.15) is 22.9 Å². The molecule has 2 heterocycles. The van der Waals surface area contributed by atoms with E-state index in [-0.39, 0.29) is 17.0 Å². The van der Waals surface area contributed by atoms with E-state index in [9.17, 15) is 8.42 Å². The van der Waals surface area contributed by atoms with Crippen molar-refractivity contribution in [1.29, 1.82) is 0 Å². The van der Waals surface area contributed by atoms with Gasteiger partial charge in [-0.2, -0.15) is 13.1 Å². The Morgan fingerprint density at radius 1 is 1.06 bits per heavy atom. The molecule has 0 aliphatic heterocycles. The molecule has 0 aliphatic rings. The molecule has 0 unspecified atom stereocenters. The minimum atomic E-state index is -4.30. The second-order valence-corrected chi connectivity index (χ2v) is 8.97. The molecule has 0 bridgehead atoms. The summed E-state index contributed by atoms with van der Waals surface area (Å²) in [5.41, 5.74) is -1.02. The molecule has 2 aromatic heterocycles. The lowest BCUT2D eigenvalue weighted by atomic mass is 10.1. The number of halogens is 2. The molecule has 32 heavy (non-hydrogen) atoms. The van der Waals surface area contributed by atoms with E-state index >= 15 is 0 Å². The monoisotopic (exact) mass is 593 g/mol. The van der Waals surface area contributed by atoms with Gasteiger partial charge < -0.3 is 9.47 Å². The molecule has 170 valence electrons. The van der Waals surface area contributed by atoms with Gasteiger partial charge in [0.1, 0.15) is 20.8 Å². The summed E-state index contributed by atoms with van der Waals surface area (Å²) in [5.74, 6) is -1.37. The van der Waals surface area contributed by atoms with E-state index in [0.717, 1.165) is 0 Å². The first-order valence-corrected chi connectivity index (χ1v) is 11.9. The van der Waals surface area contributed by atoms with Gasteiger partial charge in [0, 0.05) is 23.4 Å². The third-order valence-electron chi connectivity index (χ3n) is 3.41. The van der Waals surface area contributed by atoms with Crippen molar-refractivity contribution in [3.63, 3.8) is 0 Å². The number of benzene rings is 1. The van der Waals surface area contributed by atoms with E-state index in [0.29, 0.717) is 10.9 Å². The highest BCUT2D eigenvalue weighted by Gasteiger charge is 2.19. The molecule has 0 aliphatic carbocycles. The van der Waals surface area contributed by atoms with E-state index in [2.05, 4.69) is 61.2 Å². The Morgan fingerprint density at radius 2 is 1.78 bits per heavy atom. The lowest BCUT2D eigenvalue weighted by Gasteiger charge is -2.15. The summed E-state index contributed by atoms with van der Waals surface area (Å²) in [7, 11) is -4.30. The Labute approximate surface area is 212 Å². The average Bonchev–Trinajstić information content (AvgIpc) is 2.86. The quantitative estimate of drug-likeness (QED) is 0.345. The van der Waals surface area contributed by atoms with Crippen molar-refractivity contribution in [1.82, 2.24) is 24.7 Å². The van der Waals surface area contributed by atoms with Gasteiger partial charge in [-0.15, -0.1) is 0 Å². The van der Waals surface area contributed by atoms with Crippen molar-refractivity contribution < 1.29 is 27.5 Å². The summed E-state index contributed by atoms with van der Waals surface area (Å²) < 4.78 is 98.3. The lowest BCUT2D eigenvalue weighted by Crippen LogP contribution is -2.31. The summed E-state index contributed by atoms with van der Waals surface area (Å²) in [6, 6.07) is -2.46. The molecule has 3 rings (SSSR count). The number of hydrogen-bond acceptors (Lipinski definition) is 8. The van der Waals surface area contributed by atoms with Crippen LogP contribution in [0, 0.1) is 0 Å². The van der Waals surface area contributed by atoms with E-state index in [1.54, 1.807) is 6.92 Å². The van der Waals surface area contributed by atoms with Crippen LogP contribution < -0.4 is 18.9 Å². The van der Waals surface area contributed by atoms with Crippen molar-refractivity contribution >= 4 is 47.9 Å². The predicted molar refractivity (Wildman–Crippen MR) is 127 cm³/mol. The summed E-state index contributed by atoms with van der Waals surface area (Å²) in [4.78, 5) is 15.2. The maximum absolute atomic E-state index is 12.6. The van der Waals surface area contributed by atoms with Crippen molar-refractivity contribution in [2.45, 2.75) is 13.3 Å². The molecule has 13 heteroatoms. The highest BCUT2D eigenvalue weighted by Crippen LogP contribution is 2.34. The number of nitrogens with zero attached hydrogens (tertiary/aromatic N) is 4. The van der Waals surface area contributed by atoms with Crippen LogP contribution in [0.2, 0.25) is 0 Å². The Bertz CT molecular complexity index is 1460. The molecule has 0 saturated carbocycles. The zero-order valence-corrected chi connectivity index (χ0v) is 20.4. The normalized spacial score (nSPS) is 14.8. The van der Waals surface area contributed by atoms with Crippen LogP contribution in [0.25, 0.3) is 11.1 Å². The van der Waals surface area contributed by atoms with Crippen LogP contribution in [-0.4, -0.2) is 48.1 Å². The van der Waals surface area contributed by atoms with Gasteiger partial charge in [-0.05, 0) is 40.0 Å². The van der Waals surface area contributed by atoms with Gasteiger partial charge in [0.2, 0.25) is 5.88 Å². The minimum Gasteiger partial charge on any atom is -0.473 e. The van der Waals surface area contributed by atoms with Crippen LogP contribution in [0.3, 0.4) is 0 Å². The average molecular weight is 595 g/mol. The number of aromatic nitrogens is 4. The Hall–Kier alpha value is -2.35. The van der Waals surface area contributed by atoms with E-state index < -0.39 is 76.7 Å². The standard InChI is InChI=1S/C19H20Br2N6O4S/c1-2-7-26-32(28,29)27-17-16(13-3-5-14(20)6-4-13)18(25-12-24-17)30-8-9-31-19-22-10-15(21)11-23-19/h3-6,10-12,26H,2,7-9H2,1H3,(H,24,25,27)/i3D,4D,5D,6D,8D2,12D. The van der Waals surface area contributed by atoms with Crippen LogP contribution in [0.4, 0.5) is 5.82 Å². The van der Waals surface area contributed by atoms with Crippen molar-refractivity contribution in [2.24, 2.45) is 0 Å². The molecule has 10 nitrogen and oxygen atoms in total. The molecule has 0 saturated heterocycles. The summed E-state index contributed by atoms with van der Waals surface area (Å²) in [6.07, 6.45) is 2.40. The lowest BCUT2D eigenvalue weighted by molar-refractivity contribution is 0.202. The largest absolute Gasteiger partial charge is 0.473 e. The zero-order valence-electron chi connectivity index (χ0n) is 23.4. The second kappa shape index (κ2) is 11.5. The first-order valence-electron chi connectivity index (χ1n) is 12.4. The fourth-order valence-electron chi connectivity index (χ4n) is 2.10. The molecule has 0 amide bonds. The molecule has 2 N–H and O–H groups in total. The zero-order chi connectivity index (χ0) is 29.1. The third kappa shape index (κ3) is 7.08. The van der Waals surface area contributed by atoms with Crippen LogP contribution in [0.5, 0.6) is 11.9 Å². The van der Waals surface area contributed by atoms with Gasteiger partial charge in [-0.3, -0.25) is 4.72 Å². The number of ether oxygens (including phenoxy) is 2. The second-order valence-electron chi connectivity index (χ2n) is 5.76. The molecular weight excluding hydrogens is 568 g/mol. The molecule has 3 aromatic rings. The number of hydrogen-bond donors (Lipinski definition) is 2. The van der Waals surface area contributed by atoms with Crippen LogP contribution in [0.15, 0.2) is 51.8 Å². The Balaban J connectivity index is 2.17. The highest BCUT2D eigenvalue weighted by atomic mass is 79.9. The molecule has 0 spiro atoms. The molecular formula is C19H20Br2N6O4S. The molecule has 0 atom stereocenters. The SMILES string of the molecule is [2H]c1nc(NS(=O)(=O)NCCC)c(-c2c([2H])c([2H])c(Br)c([2H])c2[2H])c(OC([2H])([2H])COc2ncc(Br)cn2)n1. The van der Waals surface area contributed by atoms with Gasteiger partial charge in [-0.25, -0.2) is 19.9 Å².